The summed E-state index contributed by atoms with van der Waals surface area (Å²) in [4.78, 5) is 2.58. The van der Waals surface area contributed by atoms with Gasteiger partial charge in [-0.05, 0) is 31.4 Å². The summed E-state index contributed by atoms with van der Waals surface area (Å²) in [5.74, 6) is 2.59. The van der Waals surface area contributed by atoms with E-state index in [1.165, 1.54) is 44.1 Å². The first kappa shape index (κ1) is 11.3. The molecule has 13 heavy (non-hydrogen) atoms. The van der Waals surface area contributed by atoms with Crippen molar-refractivity contribution in [3.8, 4) is 0 Å². The second-order valence-corrected chi connectivity index (χ2v) is 5.10. The van der Waals surface area contributed by atoms with Gasteiger partial charge < -0.3 is 10.2 Å². The predicted molar refractivity (Wildman–Crippen MR) is 61.5 cm³/mol. The Kier molecular flexibility index (Phi) is 5.83. The van der Waals surface area contributed by atoms with Gasteiger partial charge in [0.25, 0.3) is 0 Å². The number of thioether (sulfide) groups is 1. The van der Waals surface area contributed by atoms with E-state index >= 15 is 0 Å². The zero-order valence-corrected chi connectivity index (χ0v) is 9.70. The Morgan fingerprint density at radius 3 is 3.08 bits per heavy atom. The summed E-state index contributed by atoms with van der Waals surface area (Å²) in [6.07, 6.45) is 1.35. The third-order valence-electron chi connectivity index (χ3n) is 2.42. The zero-order valence-electron chi connectivity index (χ0n) is 8.88. The first-order valence-corrected chi connectivity index (χ1v) is 6.52. The van der Waals surface area contributed by atoms with E-state index in [2.05, 4.69) is 35.8 Å². The molecule has 0 bridgehead atoms. The Balaban J connectivity index is 2.00. The number of rotatable bonds is 5. The van der Waals surface area contributed by atoms with E-state index in [9.17, 15) is 0 Å². The van der Waals surface area contributed by atoms with Crippen LogP contribution in [0.1, 0.15) is 20.3 Å². The molecular formula is C10H22N2S. The highest BCUT2D eigenvalue weighted by Crippen LogP contribution is 2.04. The van der Waals surface area contributed by atoms with Crippen molar-refractivity contribution in [2.24, 2.45) is 0 Å². The van der Waals surface area contributed by atoms with Gasteiger partial charge in [0.05, 0.1) is 0 Å². The van der Waals surface area contributed by atoms with Crippen molar-refractivity contribution >= 4 is 11.8 Å². The third-order valence-corrected chi connectivity index (χ3v) is 3.41. The number of nitrogens with zero attached hydrogens (tertiary/aromatic N) is 1. The lowest BCUT2D eigenvalue weighted by atomic mass is 10.2. The fraction of sp³-hybridized carbons (Fsp3) is 1.00. The minimum absolute atomic E-state index is 0.688. The van der Waals surface area contributed by atoms with Crippen LogP contribution < -0.4 is 5.32 Å². The van der Waals surface area contributed by atoms with Gasteiger partial charge in [-0.15, -0.1) is 0 Å². The Morgan fingerprint density at radius 1 is 1.54 bits per heavy atom. The second-order valence-electron chi connectivity index (χ2n) is 3.71. The molecule has 0 aromatic carbocycles. The van der Waals surface area contributed by atoms with Gasteiger partial charge >= 0.3 is 0 Å². The molecule has 1 rings (SSSR count). The zero-order chi connectivity index (χ0) is 9.52. The molecule has 0 spiro atoms. The van der Waals surface area contributed by atoms with Gasteiger partial charge in [0, 0.05) is 25.7 Å². The van der Waals surface area contributed by atoms with E-state index in [0.29, 0.717) is 6.04 Å². The van der Waals surface area contributed by atoms with E-state index in [0.717, 1.165) is 0 Å². The van der Waals surface area contributed by atoms with Crippen LogP contribution in [0.3, 0.4) is 0 Å². The molecule has 1 atom stereocenters. The summed E-state index contributed by atoms with van der Waals surface area (Å²) in [7, 11) is 0. The molecular weight excluding hydrogens is 180 g/mol. The van der Waals surface area contributed by atoms with Crippen LogP contribution in [0.2, 0.25) is 0 Å². The van der Waals surface area contributed by atoms with E-state index in [1.807, 2.05) is 0 Å². The Hall–Kier alpha value is 0.270. The first-order chi connectivity index (χ1) is 6.33. The normalized spacial score (nSPS) is 24.9. The fourth-order valence-electron chi connectivity index (χ4n) is 1.75. The summed E-state index contributed by atoms with van der Waals surface area (Å²) < 4.78 is 0. The van der Waals surface area contributed by atoms with Crippen molar-refractivity contribution in [3.05, 3.63) is 0 Å². The van der Waals surface area contributed by atoms with Crippen molar-refractivity contribution in [3.63, 3.8) is 0 Å². The molecule has 0 amide bonds. The van der Waals surface area contributed by atoms with E-state index in [4.69, 9.17) is 0 Å². The summed E-state index contributed by atoms with van der Waals surface area (Å²) in [5.41, 5.74) is 0. The summed E-state index contributed by atoms with van der Waals surface area (Å²) in [5, 5.41) is 3.47. The lowest BCUT2D eigenvalue weighted by Gasteiger charge is -2.31. The third kappa shape index (κ3) is 4.89. The summed E-state index contributed by atoms with van der Waals surface area (Å²) >= 11 is 2.06. The van der Waals surface area contributed by atoms with Crippen LogP contribution in [0.15, 0.2) is 0 Å². The van der Waals surface area contributed by atoms with Crippen molar-refractivity contribution in [2.45, 2.75) is 26.3 Å². The molecule has 0 aromatic heterocycles. The molecule has 1 N–H and O–H groups in total. The van der Waals surface area contributed by atoms with E-state index < -0.39 is 0 Å². The van der Waals surface area contributed by atoms with Crippen LogP contribution >= 0.6 is 11.8 Å². The number of hydrogen-bond donors (Lipinski definition) is 1. The van der Waals surface area contributed by atoms with Gasteiger partial charge in [-0.2, -0.15) is 11.8 Å². The maximum absolute atomic E-state index is 3.47. The van der Waals surface area contributed by atoms with Gasteiger partial charge in [0.15, 0.2) is 0 Å². The molecule has 0 saturated carbocycles. The number of piperazine rings is 1. The molecule has 78 valence electrons. The molecule has 1 aliphatic heterocycles. The molecule has 1 aliphatic rings. The monoisotopic (exact) mass is 202 g/mol. The molecule has 3 heteroatoms. The molecule has 2 nitrogen and oxygen atoms in total. The smallest absolute Gasteiger partial charge is 0.0167 e. The van der Waals surface area contributed by atoms with Gasteiger partial charge in [-0.25, -0.2) is 0 Å². The lowest BCUT2D eigenvalue weighted by Crippen LogP contribution is -2.49. The first-order valence-electron chi connectivity index (χ1n) is 5.36. The van der Waals surface area contributed by atoms with Crippen molar-refractivity contribution in [2.75, 3.05) is 37.7 Å². The van der Waals surface area contributed by atoms with Crippen LogP contribution in [-0.4, -0.2) is 48.6 Å². The predicted octanol–water partition coefficient (Wildman–Crippen LogP) is 1.42. The van der Waals surface area contributed by atoms with Gasteiger partial charge in [0.1, 0.15) is 0 Å². The van der Waals surface area contributed by atoms with Crippen molar-refractivity contribution in [1.29, 1.82) is 0 Å². The van der Waals surface area contributed by atoms with Gasteiger partial charge in [0.2, 0.25) is 0 Å². The second kappa shape index (κ2) is 6.68. The lowest BCUT2D eigenvalue weighted by molar-refractivity contribution is 0.208. The van der Waals surface area contributed by atoms with Gasteiger partial charge in [-0.1, -0.05) is 6.92 Å². The van der Waals surface area contributed by atoms with Crippen molar-refractivity contribution in [1.82, 2.24) is 10.2 Å². The quantitative estimate of drug-likeness (QED) is 0.679. The highest BCUT2D eigenvalue weighted by Gasteiger charge is 2.14. The van der Waals surface area contributed by atoms with Crippen molar-refractivity contribution < 1.29 is 0 Å². The average Bonchev–Trinajstić information content (AvgIpc) is 2.13. The molecule has 0 unspecified atom stereocenters. The van der Waals surface area contributed by atoms with Crippen LogP contribution in [0.4, 0.5) is 0 Å². The van der Waals surface area contributed by atoms with Crippen LogP contribution in [0.25, 0.3) is 0 Å². The van der Waals surface area contributed by atoms with E-state index in [-0.39, 0.29) is 0 Å². The Morgan fingerprint density at radius 2 is 2.38 bits per heavy atom. The standard InChI is InChI=1S/C10H22N2S/c1-3-13-8-4-6-12-7-5-11-10(2)9-12/h10-11H,3-9H2,1-2H3/t10-/m1/s1. The highest BCUT2D eigenvalue weighted by atomic mass is 32.2. The average molecular weight is 202 g/mol. The van der Waals surface area contributed by atoms with Crippen LogP contribution in [0.5, 0.6) is 0 Å². The summed E-state index contributed by atoms with van der Waals surface area (Å²) in [6.45, 7) is 9.43. The highest BCUT2D eigenvalue weighted by molar-refractivity contribution is 7.99. The maximum atomic E-state index is 3.47. The van der Waals surface area contributed by atoms with Gasteiger partial charge in [-0.3, -0.25) is 0 Å². The minimum atomic E-state index is 0.688. The fourth-order valence-corrected chi connectivity index (χ4v) is 2.37. The molecule has 1 heterocycles. The molecule has 0 aromatic rings. The topological polar surface area (TPSA) is 15.3 Å². The number of nitrogens with one attached hydrogen (secondary N) is 1. The molecule has 1 saturated heterocycles. The summed E-state index contributed by atoms with van der Waals surface area (Å²) in [6, 6.07) is 0.688. The van der Waals surface area contributed by atoms with Crippen LogP contribution in [0, 0.1) is 0 Å². The maximum Gasteiger partial charge on any atom is 0.0167 e. The van der Waals surface area contributed by atoms with Crippen LogP contribution in [-0.2, 0) is 0 Å². The molecule has 1 fully saturated rings. The molecule has 0 radical (unpaired) electrons. The Bertz CT molecular complexity index is 130. The number of hydrogen-bond acceptors (Lipinski definition) is 3. The SMILES string of the molecule is CCSCCCN1CCN[C@H](C)C1. The largest absolute Gasteiger partial charge is 0.312 e. The molecule has 0 aliphatic carbocycles. The van der Waals surface area contributed by atoms with E-state index in [1.54, 1.807) is 0 Å². The minimum Gasteiger partial charge on any atom is -0.312 e. The Labute approximate surface area is 86.5 Å².